The fraction of sp³-hybridized carbons (Fsp3) is 0.391. The molecule has 0 radical (unpaired) electrons. The highest BCUT2D eigenvalue weighted by Gasteiger charge is 2.12. The number of carbonyl (C=O) groups is 2. The third kappa shape index (κ3) is 8.15. The lowest BCUT2D eigenvalue weighted by Crippen LogP contribution is -2.23. The lowest BCUT2D eigenvalue weighted by atomic mass is 10.1. The number of rotatable bonds is 13. The molecular weight excluding hydrogens is 416 g/mol. The summed E-state index contributed by atoms with van der Waals surface area (Å²) in [6.07, 6.45) is 3.47. The van der Waals surface area contributed by atoms with Gasteiger partial charge in [0.2, 0.25) is 15.9 Å². The van der Waals surface area contributed by atoms with Gasteiger partial charge in [0.05, 0.1) is 11.5 Å². The molecular formula is C23H30N2O5S. The van der Waals surface area contributed by atoms with Crippen molar-refractivity contribution < 1.29 is 22.7 Å². The Bertz CT molecular complexity index is 954. The molecule has 2 aromatic carbocycles. The van der Waals surface area contributed by atoms with Crippen molar-refractivity contribution in [2.24, 2.45) is 0 Å². The van der Waals surface area contributed by atoms with E-state index in [0.717, 1.165) is 30.6 Å². The number of carbonyl (C=O) groups excluding carboxylic acids is 2. The standard InChI is InChI=1S/C23H30N2O5S/c1-3-4-5-16-30-20-10-8-19(9-11-20)22(26)14-15-23(27)25-17-18-6-12-21(13-7-18)31(28,29)24-2/h6-13,24H,3-5,14-17H2,1-2H3,(H,25,27). The van der Waals surface area contributed by atoms with Gasteiger partial charge in [-0.1, -0.05) is 31.9 Å². The van der Waals surface area contributed by atoms with Gasteiger partial charge in [0.15, 0.2) is 5.78 Å². The molecule has 0 heterocycles. The monoisotopic (exact) mass is 446 g/mol. The number of sulfonamides is 1. The van der Waals surface area contributed by atoms with Gasteiger partial charge in [-0.3, -0.25) is 9.59 Å². The summed E-state index contributed by atoms with van der Waals surface area (Å²) in [5.41, 5.74) is 1.32. The second-order valence-electron chi connectivity index (χ2n) is 7.13. The van der Waals surface area contributed by atoms with Crippen LogP contribution in [0.15, 0.2) is 53.4 Å². The van der Waals surface area contributed by atoms with Crippen molar-refractivity contribution >= 4 is 21.7 Å². The van der Waals surface area contributed by atoms with E-state index >= 15 is 0 Å². The normalized spacial score (nSPS) is 11.2. The molecule has 7 nitrogen and oxygen atoms in total. The molecule has 0 aliphatic rings. The summed E-state index contributed by atoms with van der Waals surface area (Å²) in [5.74, 6) is 0.393. The molecule has 2 rings (SSSR count). The smallest absolute Gasteiger partial charge is 0.240 e. The molecule has 0 bridgehead atoms. The Morgan fingerprint density at radius 3 is 2.23 bits per heavy atom. The first-order valence-corrected chi connectivity index (χ1v) is 11.9. The Hall–Kier alpha value is -2.71. The van der Waals surface area contributed by atoms with Gasteiger partial charge in [-0.15, -0.1) is 0 Å². The van der Waals surface area contributed by atoms with Crippen LogP contribution in [0.25, 0.3) is 0 Å². The Labute approximate surface area is 184 Å². The van der Waals surface area contributed by atoms with Crippen molar-refractivity contribution in [1.29, 1.82) is 0 Å². The maximum Gasteiger partial charge on any atom is 0.240 e. The minimum Gasteiger partial charge on any atom is -0.494 e. The van der Waals surface area contributed by atoms with Gasteiger partial charge in [0, 0.05) is 24.9 Å². The summed E-state index contributed by atoms with van der Waals surface area (Å²) in [6, 6.07) is 13.2. The van der Waals surface area contributed by atoms with Crippen molar-refractivity contribution in [3.63, 3.8) is 0 Å². The number of benzene rings is 2. The van der Waals surface area contributed by atoms with Crippen molar-refractivity contribution in [2.45, 2.75) is 50.5 Å². The van der Waals surface area contributed by atoms with E-state index in [0.29, 0.717) is 12.2 Å². The largest absolute Gasteiger partial charge is 0.494 e. The molecule has 1 amide bonds. The number of unbranched alkanes of at least 4 members (excludes halogenated alkanes) is 2. The lowest BCUT2D eigenvalue weighted by molar-refractivity contribution is -0.121. The van der Waals surface area contributed by atoms with E-state index in [9.17, 15) is 18.0 Å². The van der Waals surface area contributed by atoms with Gasteiger partial charge < -0.3 is 10.1 Å². The second kappa shape index (κ2) is 12.2. The number of nitrogens with one attached hydrogen (secondary N) is 2. The zero-order chi connectivity index (χ0) is 22.7. The van der Waals surface area contributed by atoms with Crippen LogP contribution in [0.4, 0.5) is 0 Å². The topological polar surface area (TPSA) is 102 Å². The lowest BCUT2D eigenvalue weighted by Gasteiger charge is -2.08. The fourth-order valence-corrected chi connectivity index (χ4v) is 3.57. The van der Waals surface area contributed by atoms with Crippen LogP contribution in [0.2, 0.25) is 0 Å². The van der Waals surface area contributed by atoms with E-state index in [-0.39, 0.29) is 36.0 Å². The quantitative estimate of drug-likeness (QED) is 0.363. The molecule has 0 saturated carbocycles. The Balaban J connectivity index is 1.75. The molecule has 0 aliphatic carbocycles. The van der Waals surface area contributed by atoms with E-state index in [2.05, 4.69) is 17.0 Å². The predicted molar refractivity (Wildman–Crippen MR) is 120 cm³/mol. The van der Waals surface area contributed by atoms with Crippen LogP contribution in [0.5, 0.6) is 5.75 Å². The first kappa shape index (κ1) is 24.6. The second-order valence-corrected chi connectivity index (χ2v) is 9.02. The average Bonchev–Trinajstić information content (AvgIpc) is 2.79. The molecule has 0 aromatic heterocycles. The van der Waals surface area contributed by atoms with E-state index < -0.39 is 10.0 Å². The van der Waals surface area contributed by atoms with E-state index in [1.807, 2.05) is 0 Å². The molecule has 0 fully saturated rings. The zero-order valence-corrected chi connectivity index (χ0v) is 18.8. The molecule has 2 N–H and O–H groups in total. The predicted octanol–water partition coefficient (Wildman–Crippen LogP) is 3.44. The number of amides is 1. The summed E-state index contributed by atoms with van der Waals surface area (Å²) in [4.78, 5) is 24.5. The summed E-state index contributed by atoms with van der Waals surface area (Å²) < 4.78 is 31.3. The van der Waals surface area contributed by atoms with Gasteiger partial charge in [-0.05, 0) is 55.4 Å². The first-order chi connectivity index (χ1) is 14.9. The van der Waals surface area contributed by atoms with Gasteiger partial charge in [-0.25, -0.2) is 13.1 Å². The molecule has 8 heteroatoms. The van der Waals surface area contributed by atoms with Crippen LogP contribution < -0.4 is 14.8 Å². The third-order valence-corrected chi connectivity index (χ3v) is 6.19. The van der Waals surface area contributed by atoms with Crippen molar-refractivity contribution in [2.75, 3.05) is 13.7 Å². The fourth-order valence-electron chi connectivity index (χ4n) is 2.84. The van der Waals surface area contributed by atoms with Gasteiger partial charge >= 0.3 is 0 Å². The van der Waals surface area contributed by atoms with Crippen LogP contribution in [0.1, 0.15) is 54.9 Å². The van der Waals surface area contributed by atoms with Gasteiger partial charge in [0.1, 0.15) is 5.75 Å². The highest BCUT2D eigenvalue weighted by Crippen LogP contribution is 2.15. The third-order valence-electron chi connectivity index (χ3n) is 4.76. The Kier molecular flexibility index (Phi) is 9.68. The highest BCUT2D eigenvalue weighted by molar-refractivity contribution is 7.89. The number of ether oxygens (including phenoxy) is 1. The number of Topliss-reactive ketones (excluding diaryl/α,β-unsaturated/α-hetero) is 1. The maximum absolute atomic E-state index is 12.3. The zero-order valence-electron chi connectivity index (χ0n) is 18.0. The molecule has 31 heavy (non-hydrogen) atoms. The number of ketones is 1. The molecule has 2 aromatic rings. The minimum absolute atomic E-state index is 0.0837. The Morgan fingerprint density at radius 2 is 1.61 bits per heavy atom. The van der Waals surface area contributed by atoms with Crippen LogP contribution in [0, 0.1) is 0 Å². The molecule has 0 spiro atoms. The summed E-state index contributed by atoms with van der Waals surface area (Å²) in [5, 5.41) is 2.74. The van der Waals surface area contributed by atoms with Crippen molar-refractivity contribution in [1.82, 2.24) is 10.0 Å². The van der Waals surface area contributed by atoms with Crippen LogP contribution in [-0.4, -0.2) is 33.8 Å². The van der Waals surface area contributed by atoms with Gasteiger partial charge in [0.25, 0.3) is 0 Å². The summed E-state index contributed by atoms with van der Waals surface area (Å²) in [6.45, 7) is 3.06. The van der Waals surface area contributed by atoms with E-state index in [4.69, 9.17) is 4.74 Å². The SMILES string of the molecule is CCCCCOc1ccc(C(=O)CCC(=O)NCc2ccc(S(=O)(=O)NC)cc2)cc1. The van der Waals surface area contributed by atoms with Crippen LogP contribution in [0.3, 0.4) is 0 Å². The average molecular weight is 447 g/mol. The molecule has 168 valence electrons. The minimum atomic E-state index is -3.48. The number of hydrogen-bond donors (Lipinski definition) is 2. The summed E-state index contributed by atoms with van der Waals surface area (Å²) >= 11 is 0. The van der Waals surface area contributed by atoms with Crippen LogP contribution in [-0.2, 0) is 21.4 Å². The number of hydrogen-bond acceptors (Lipinski definition) is 5. The van der Waals surface area contributed by atoms with Crippen molar-refractivity contribution in [3.05, 3.63) is 59.7 Å². The van der Waals surface area contributed by atoms with E-state index in [1.165, 1.54) is 19.2 Å². The highest BCUT2D eigenvalue weighted by atomic mass is 32.2. The van der Waals surface area contributed by atoms with E-state index in [1.54, 1.807) is 36.4 Å². The molecule has 0 unspecified atom stereocenters. The van der Waals surface area contributed by atoms with Crippen LogP contribution >= 0.6 is 0 Å². The van der Waals surface area contributed by atoms with Gasteiger partial charge in [-0.2, -0.15) is 0 Å². The molecule has 0 saturated heterocycles. The molecule has 0 atom stereocenters. The first-order valence-electron chi connectivity index (χ1n) is 10.4. The van der Waals surface area contributed by atoms with Crippen molar-refractivity contribution in [3.8, 4) is 5.75 Å². The summed E-state index contributed by atoms with van der Waals surface area (Å²) in [7, 11) is -2.13. The molecule has 0 aliphatic heterocycles. The Morgan fingerprint density at radius 1 is 0.935 bits per heavy atom. The maximum atomic E-state index is 12.3.